The topological polar surface area (TPSA) is 75.1 Å². The molecule has 1 atom stereocenters. The van der Waals surface area contributed by atoms with Crippen LogP contribution in [0.25, 0.3) is 0 Å². The lowest BCUT2D eigenvalue weighted by atomic mass is 10.3. The Kier molecular flexibility index (Phi) is 4.23. The van der Waals surface area contributed by atoms with E-state index in [9.17, 15) is 14.7 Å². The highest BCUT2D eigenvalue weighted by Crippen LogP contribution is 2.18. The molecular formula is C10H16N2O3S. The van der Waals surface area contributed by atoms with Gasteiger partial charge in [0.2, 0.25) is 5.88 Å². The van der Waals surface area contributed by atoms with E-state index in [1.165, 1.54) is 11.5 Å². The van der Waals surface area contributed by atoms with Crippen molar-refractivity contribution < 1.29 is 5.11 Å². The maximum absolute atomic E-state index is 11.6. The van der Waals surface area contributed by atoms with Crippen molar-refractivity contribution in [1.82, 2.24) is 9.55 Å². The molecule has 90 valence electrons. The molecular weight excluding hydrogens is 228 g/mol. The zero-order valence-corrected chi connectivity index (χ0v) is 10.4. The van der Waals surface area contributed by atoms with Gasteiger partial charge in [-0.3, -0.25) is 14.3 Å². The minimum absolute atomic E-state index is 0.145. The average molecular weight is 244 g/mol. The van der Waals surface area contributed by atoms with Gasteiger partial charge in [0.15, 0.2) is 0 Å². The first kappa shape index (κ1) is 12.9. The second kappa shape index (κ2) is 5.25. The van der Waals surface area contributed by atoms with E-state index in [1.54, 1.807) is 11.8 Å². The van der Waals surface area contributed by atoms with Gasteiger partial charge in [0.1, 0.15) is 0 Å². The molecule has 0 amide bonds. The Balaban J connectivity index is 3.18. The Morgan fingerprint density at radius 2 is 2.12 bits per heavy atom. The molecule has 0 spiro atoms. The standard InChI is InChI=1S/C10H16N2O3S/c1-4-16-5-6(2)12-9(14)7(3)8(13)11-10(12)15/h6,14H,4-5H2,1-3H3,(H,11,13,15). The van der Waals surface area contributed by atoms with E-state index in [4.69, 9.17) is 0 Å². The van der Waals surface area contributed by atoms with Gasteiger partial charge in [-0.05, 0) is 19.6 Å². The van der Waals surface area contributed by atoms with E-state index in [1.807, 2.05) is 13.8 Å². The lowest BCUT2D eigenvalue weighted by Gasteiger charge is -2.16. The van der Waals surface area contributed by atoms with Crippen LogP contribution in [0.3, 0.4) is 0 Å². The molecule has 0 aliphatic rings. The SMILES string of the molecule is CCSCC(C)n1c(O)c(C)c(=O)[nH]c1=O. The maximum Gasteiger partial charge on any atom is 0.331 e. The molecule has 0 aliphatic heterocycles. The predicted octanol–water partition coefficient (Wildman–Crippen LogP) is 0.865. The zero-order chi connectivity index (χ0) is 12.3. The van der Waals surface area contributed by atoms with Gasteiger partial charge in [0, 0.05) is 11.8 Å². The minimum Gasteiger partial charge on any atom is -0.494 e. The first-order valence-electron chi connectivity index (χ1n) is 5.11. The number of thioether (sulfide) groups is 1. The fraction of sp³-hybridized carbons (Fsp3) is 0.600. The summed E-state index contributed by atoms with van der Waals surface area (Å²) in [5.74, 6) is 1.43. The number of nitrogens with zero attached hydrogens (tertiary/aromatic N) is 1. The Labute approximate surface area is 97.5 Å². The van der Waals surface area contributed by atoms with E-state index < -0.39 is 11.2 Å². The summed E-state index contributed by atoms with van der Waals surface area (Å²) >= 11 is 1.68. The minimum atomic E-state index is -0.558. The van der Waals surface area contributed by atoms with Crippen LogP contribution in [0.2, 0.25) is 0 Å². The molecule has 0 aromatic carbocycles. The molecule has 16 heavy (non-hydrogen) atoms. The monoisotopic (exact) mass is 244 g/mol. The van der Waals surface area contributed by atoms with Gasteiger partial charge in [-0.25, -0.2) is 4.79 Å². The number of hydrogen-bond acceptors (Lipinski definition) is 4. The largest absolute Gasteiger partial charge is 0.494 e. The van der Waals surface area contributed by atoms with E-state index in [-0.39, 0.29) is 17.5 Å². The Morgan fingerprint density at radius 3 is 2.69 bits per heavy atom. The number of rotatable bonds is 4. The molecule has 6 heteroatoms. The quantitative estimate of drug-likeness (QED) is 0.824. The number of aromatic hydroxyl groups is 1. The van der Waals surface area contributed by atoms with Crippen LogP contribution in [-0.2, 0) is 0 Å². The Bertz CT molecular complexity index is 478. The van der Waals surface area contributed by atoms with Crippen LogP contribution in [0.15, 0.2) is 9.59 Å². The highest BCUT2D eigenvalue weighted by molar-refractivity contribution is 7.99. The first-order chi connectivity index (χ1) is 7.49. The van der Waals surface area contributed by atoms with Gasteiger partial charge in [0.05, 0.1) is 5.56 Å². The summed E-state index contributed by atoms with van der Waals surface area (Å²) in [5, 5.41) is 9.76. The van der Waals surface area contributed by atoms with Gasteiger partial charge >= 0.3 is 5.69 Å². The van der Waals surface area contributed by atoms with Crippen LogP contribution in [0, 0.1) is 6.92 Å². The molecule has 0 fully saturated rings. The molecule has 1 aromatic heterocycles. The first-order valence-corrected chi connectivity index (χ1v) is 6.26. The van der Waals surface area contributed by atoms with Crippen LogP contribution in [0.1, 0.15) is 25.5 Å². The third-order valence-corrected chi connectivity index (χ3v) is 3.47. The molecule has 1 unspecified atom stereocenters. The molecule has 1 heterocycles. The van der Waals surface area contributed by atoms with Crippen LogP contribution in [-0.4, -0.2) is 26.2 Å². The highest BCUT2D eigenvalue weighted by atomic mass is 32.2. The Hall–Kier alpha value is -1.17. The molecule has 2 N–H and O–H groups in total. The van der Waals surface area contributed by atoms with Crippen molar-refractivity contribution >= 4 is 11.8 Å². The molecule has 0 radical (unpaired) electrons. The van der Waals surface area contributed by atoms with Crippen molar-refractivity contribution in [3.63, 3.8) is 0 Å². The van der Waals surface area contributed by atoms with Crippen LogP contribution < -0.4 is 11.2 Å². The van der Waals surface area contributed by atoms with Crippen LogP contribution >= 0.6 is 11.8 Å². The summed E-state index contributed by atoms with van der Waals surface area (Å²) in [5.41, 5.74) is -0.917. The van der Waals surface area contributed by atoms with Crippen LogP contribution in [0.5, 0.6) is 5.88 Å². The van der Waals surface area contributed by atoms with E-state index >= 15 is 0 Å². The lowest BCUT2D eigenvalue weighted by Crippen LogP contribution is -2.33. The van der Waals surface area contributed by atoms with Gasteiger partial charge in [-0.2, -0.15) is 11.8 Å². The lowest BCUT2D eigenvalue weighted by molar-refractivity contribution is 0.379. The van der Waals surface area contributed by atoms with Gasteiger partial charge in [-0.1, -0.05) is 6.92 Å². The molecule has 1 rings (SSSR count). The summed E-state index contributed by atoms with van der Waals surface area (Å²) in [7, 11) is 0. The van der Waals surface area contributed by atoms with Crippen molar-refractivity contribution in [2.24, 2.45) is 0 Å². The third kappa shape index (κ3) is 2.49. The number of hydrogen-bond donors (Lipinski definition) is 2. The maximum atomic E-state index is 11.6. The number of aromatic nitrogens is 2. The highest BCUT2D eigenvalue weighted by Gasteiger charge is 2.15. The van der Waals surface area contributed by atoms with Crippen molar-refractivity contribution in [3.8, 4) is 5.88 Å². The molecule has 0 bridgehead atoms. The smallest absolute Gasteiger partial charge is 0.331 e. The van der Waals surface area contributed by atoms with Crippen molar-refractivity contribution in [2.45, 2.75) is 26.8 Å². The second-order valence-electron chi connectivity index (χ2n) is 3.59. The number of aromatic amines is 1. The summed E-state index contributed by atoms with van der Waals surface area (Å²) in [6.45, 7) is 5.35. The molecule has 0 aliphatic carbocycles. The fourth-order valence-electron chi connectivity index (χ4n) is 1.40. The van der Waals surface area contributed by atoms with Gasteiger partial charge in [-0.15, -0.1) is 0 Å². The second-order valence-corrected chi connectivity index (χ2v) is 4.91. The molecule has 1 aromatic rings. The summed E-state index contributed by atoms with van der Waals surface area (Å²) in [6, 6.07) is -0.145. The third-order valence-electron chi connectivity index (χ3n) is 2.35. The van der Waals surface area contributed by atoms with Crippen molar-refractivity contribution in [3.05, 3.63) is 26.4 Å². The van der Waals surface area contributed by atoms with Crippen molar-refractivity contribution in [1.29, 1.82) is 0 Å². The fourth-order valence-corrected chi connectivity index (χ4v) is 2.13. The van der Waals surface area contributed by atoms with Crippen molar-refractivity contribution in [2.75, 3.05) is 11.5 Å². The normalized spacial score (nSPS) is 12.7. The summed E-state index contributed by atoms with van der Waals surface area (Å²) in [6.07, 6.45) is 0. The number of H-pyrrole nitrogens is 1. The Morgan fingerprint density at radius 1 is 1.50 bits per heavy atom. The summed E-state index contributed by atoms with van der Waals surface area (Å²) in [4.78, 5) is 25.0. The summed E-state index contributed by atoms with van der Waals surface area (Å²) < 4.78 is 1.22. The molecule has 0 saturated carbocycles. The zero-order valence-electron chi connectivity index (χ0n) is 9.61. The van der Waals surface area contributed by atoms with E-state index in [0.29, 0.717) is 0 Å². The van der Waals surface area contributed by atoms with Gasteiger partial charge < -0.3 is 5.11 Å². The van der Waals surface area contributed by atoms with E-state index in [0.717, 1.165) is 11.5 Å². The predicted molar refractivity (Wildman–Crippen MR) is 65.4 cm³/mol. The molecule has 5 nitrogen and oxygen atoms in total. The van der Waals surface area contributed by atoms with E-state index in [2.05, 4.69) is 4.98 Å². The average Bonchev–Trinajstić information content (AvgIpc) is 2.23. The van der Waals surface area contributed by atoms with Gasteiger partial charge in [0.25, 0.3) is 5.56 Å². The number of nitrogens with one attached hydrogen (secondary N) is 1. The van der Waals surface area contributed by atoms with Crippen LogP contribution in [0.4, 0.5) is 0 Å². The molecule has 0 saturated heterocycles.